The molecule has 0 aromatic heterocycles. The second kappa shape index (κ2) is 14.6. The van der Waals surface area contributed by atoms with E-state index in [2.05, 4.69) is 0 Å². The van der Waals surface area contributed by atoms with Crippen LogP contribution in [0.1, 0.15) is 10.4 Å². The summed E-state index contributed by atoms with van der Waals surface area (Å²) in [5.41, 5.74) is 0.292. The fourth-order valence-corrected chi connectivity index (χ4v) is 2.39. The molecule has 10 nitrogen and oxygen atoms in total. The van der Waals surface area contributed by atoms with E-state index in [9.17, 15) is 19.7 Å². The molecule has 32 heavy (non-hydrogen) atoms. The number of nitrogens with zero attached hydrogens (tertiary/aromatic N) is 1. The molecule has 0 atom stereocenters. The van der Waals surface area contributed by atoms with Gasteiger partial charge in [0.05, 0.1) is 44.6 Å². The van der Waals surface area contributed by atoms with Crippen molar-refractivity contribution in [1.82, 2.24) is 0 Å². The van der Waals surface area contributed by atoms with Crippen LogP contribution in [0.4, 0.5) is 5.69 Å². The molecule has 0 saturated heterocycles. The van der Waals surface area contributed by atoms with Gasteiger partial charge in [0.15, 0.2) is 0 Å². The zero-order valence-electron chi connectivity index (χ0n) is 17.5. The van der Waals surface area contributed by atoms with Gasteiger partial charge >= 0.3 is 5.97 Å². The summed E-state index contributed by atoms with van der Waals surface area (Å²) in [6.07, 6.45) is 0. The van der Waals surface area contributed by atoms with E-state index in [4.69, 9.17) is 23.7 Å². The number of nitro groups is 1. The monoisotopic (exact) mass is 447 g/mol. The summed E-state index contributed by atoms with van der Waals surface area (Å²) >= 11 is 0. The Morgan fingerprint density at radius 3 is 1.81 bits per heavy atom. The third-order valence-electron chi connectivity index (χ3n) is 3.97. The smallest absolute Gasteiger partial charge is 0.379 e. The second-order valence-electron chi connectivity index (χ2n) is 6.27. The minimum absolute atomic E-state index is 0.00824. The molecule has 10 heteroatoms. The van der Waals surface area contributed by atoms with Crippen LogP contribution in [0.25, 0.3) is 0 Å². The zero-order valence-corrected chi connectivity index (χ0v) is 17.5. The quantitative estimate of drug-likeness (QED) is 0.0953. The first kappa shape index (κ1) is 24.9. The van der Waals surface area contributed by atoms with E-state index in [0.717, 1.165) is 0 Å². The van der Waals surface area contributed by atoms with Crippen LogP contribution in [0.3, 0.4) is 0 Å². The van der Waals surface area contributed by atoms with E-state index in [1.54, 1.807) is 30.3 Å². The first-order valence-corrected chi connectivity index (χ1v) is 9.95. The molecule has 0 fully saturated rings. The van der Waals surface area contributed by atoms with Gasteiger partial charge in [-0.05, 0) is 12.1 Å². The van der Waals surface area contributed by atoms with Gasteiger partial charge in [0.1, 0.15) is 19.0 Å². The molecule has 0 radical (unpaired) electrons. The Balaban J connectivity index is 1.37. The van der Waals surface area contributed by atoms with Gasteiger partial charge in [-0.1, -0.05) is 30.3 Å². The number of hydrogen-bond acceptors (Lipinski definition) is 9. The average Bonchev–Trinajstić information content (AvgIpc) is 2.82. The number of Topliss-reactive ketones (excluding diaryl/α,β-unsaturated/α-hetero) is 1. The Kier molecular flexibility index (Phi) is 11.4. The third kappa shape index (κ3) is 9.65. The molecule has 0 aliphatic heterocycles. The van der Waals surface area contributed by atoms with Crippen LogP contribution in [-0.4, -0.2) is 69.5 Å². The van der Waals surface area contributed by atoms with Crippen molar-refractivity contribution >= 4 is 17.4 Å². The molecular weight excluding hydrogens is 422 g/mol. The van der Waals surface area contributed by atoms with E-state index in [-0.39, 0.29) is 24.5 Å². The van der Waals surface area contributed by atoms with E-state index < -0.39 is 16.7 Å². The summed E-state index contributed by atoms with van der Waals surface area (Å²) < 4.78 is 26.3. The van der Waals surface area contributed by atoms with Crippen molar-refractivity contribution in [3.8, 4) is 5.75 Å². The molecule has 0 amide bonds. The van der Waals surface area contributed by atoms with Gasteiger partial charge in [-0.3, -0.25) is 14.9 Å². The van der Waals surface area contributed by atoms with Crippen LogP contribution in [0.15, 0.2) is 54.6 Å². The van der Waals surface area contributed by atoms with Crippen molar-refractivity contribution < 1.29 is 38.2 Å². The molecule has 0 aliphatic rings. The maximum absolute atomic E-state index is 11.8. The van der Waals surface area contributed by atoms with Gasteiger partial charge in [-0.25, -0.2) is 4.79 Å². The summed E-state index contributed by atoms with van der Waals surface area (Å²) in [5, 5.41) is 10.6. The summed E-state index contributed by atoms with van der Waals surface area (Å²) in [6.45, 7) is 2.22. The topological polar surface area (TPSA) is 123 Å². The van der Waals surface area contributed by atoms with Crippen molar-refractivity contribution in [2.24, 2.45) is 0 Å². The van der Waals surface area contributed by atoms with Crippen LogP contribution in [0.5, 0.6) is 5.75 Å². The summed E-state index contributed by atoms with van der Waals surface area (Å²) in [6, 6.07) is 14.0. The Hall–Kier alpha value is -3.34. The van der Waals surface area contributed by atoms with E-state index in [0.29, 0.717) is 45.4 Å². The van der Waals surface area contributed by atoms with Gasteiger partial charge in [0.2, 0.25) is 0 Å². The first-order chi connectivity index (χ1) is 15.6. The standard InChI is InChI=1S/C22H25NO9/c24-21(18-4-2-1-3-5-18)22(25)32-17-15-30-13-11-28-10-12-29-14-16-31-20-8-6-19(7-9-20)23(26)27/h1-9H,10-17H2. The number of non-ortho nitro benzene ring substituents is 1. The number of nitro benzene ring substituents is 1. The highest BCUT2D eigenvalue weighted by atomic mass is 16.6. The predicted octanol–water partition coefficient (Wildman–Crippen LogP) is 2.45. The highest BCUT2D eigenvalue weighted by molar-refractivity contribution is 6.40. The largest absolute Gasteiger partial charge is 0.491 e. The first-order valence-electron chi connectivity index (χ1n) is 9.95. The molecule has 0 aliphatic carbocycles. The van der Waals surface area contributed by atoms with E-state index in [1.165, 1.54) is 24.3 Å². The number of esters is 1. The van der Waals surface area contributed by atoms with Gasteiger partial charge in [0, 0.05) is 17.7 Å². The molecule has 0 N–H and O–H groups in total. The van der Waals surface area contributed by atoms with Crippen LogP contribution >= 0.6 is 0 Å². The SMILES string of the molecule is O=C(OCCOCCOCCOCCOc1ccc([N+](=O)[O-])cc1)C(=O)c1ccccc1. The molecule has 0 spiro atoms. The number of carbonyl (C=O) groups is 2. The number of ether oxygens (including phenoxy) is 5. The highest BCUT2D eigenvalue weighted by Crippen LogP contribution is 2.17. The Bertz CT molecular complexity index is 840. The molecule has 0 heterocycles. The number of carbonyl (C=O) groups excluding carboxylic acids is 2. The van der Waals surface area contributed by atoms with Crippen molar-refractivity contribution in [2.45, 2.75) is 0 Å². The average molecular weight is 447 g/mol. The van der Waals surface area contributed by atoms with Gasteiger partial charge in [0.25, 0.3) is 11.5 Å². The van der Waals surface area contributed by atoms with E-state index in [1.807, 2.05) is 0 Å². The van der Waals surface area contributed by atoms with Crippen LogP contribution in [0, 0.1) is 10.1 Å². The number of ketones is 1. The summed E-state index contributed by atoms with van der Waals surface area (Å²) in [4.78, 5) is 33.6. The maximum atomic E-state index is 11.8. The molecule has 2 aromatic carbocycles. The molecule has 0 saturated carbocycles. The van der Waals surface area contributed by atoms with Crippen molar-refractivity contribution in [1.29, 1.82) is 0 Å². The molecule has 2 aromatic rings. The van der Waals surface area contributed by atoms with Crippen molar-refractivity contribution in [3.63, 3.8) is 0 Å². The lowest BCUT2D eigenvalue weighted by atomic mass is 10.1. The van der Waals surface area contributed by atoms with Crippen LogP contribution < -0.4 is 4.74 Å². The van der Waals surface area contributed by atoms with Crippen LogP contribution in [-0.2, 0) is 23.7 Å². The summed E-state index contributed by atoms with van der Waals surface area (Å²) in [7, 11) is 0. The number of hydrogen-bond donors (Lipinski definition) is 0. The van der Waals surface area contributed by atoms with Gasteiger partial charge in [-0.15, -0.1) is 0 Å². The number of rotatable bonds is 16. The lowest BCUT2D eigenvalue weighted by Gasteiger charge is -2.08. The second-order valence-corrected chi connectivity index (χ2v) is 6.27. The van der Waals surface area contributed by atoms with Gasteiger partial charge in [-0.2, -0.15) is 0 Å². The predicted molar refractivity (Wildman–Crippen MR) is 113 cm³/mol. The van der Waals surface area contributed by atoms with Crippen molar-refractivity contribution in [3.05, 3.63) is 70.3 Å². The fraction of sp³-hybridized carbons (Fsp3) is 0.364. The third-order valence-corrected chi connectivity index (χ3v) is 3.97. The number of benzene rings is 2. The molecule has 172 valence electrons. The molecular formula is C22H25NO9. The zero-order chi connectivity index (χ0) is 23.0. The normalized spacial score (nSPS) is 10.5. The Morgan fingerprint density at radius 1 is 0.719 bits per heavy atom. The molecule has 2 rings (SSSR count). The molecule has 0 bridgehead atoms. The maximum Gasteiger partial charge on any atom is 0.379 e. The van der Waals surface area contributed by atoms with Crippen LogP contribution in [0.2, 0.25) is 0 Å². The fourth-order valence-electron chi connectivity index (χ4n) is 2.39. The Labute approximate surface area is 185 Å². The Morgan fingerprint density at radius 2 is 1.25 bits per heavy atom. The van der Waals surface area contributed by atoms with Gasteiger partial charge < -0.3 is 23.7 Å². The highest BCUT2D eigenvalue weighted by Gasteiger charge is 2.17. The summed E-state index contributed by atoms with van der Waals surface area (Å²) in [5.74, 6) is -1.07. The minimum atomic E-state index is -0.911. The van der Waals surface area contributed by atoms with E-state index >= 15 is 0 Å². The lowest BCUT2D eigenvalue weighted by Crippen LogP contribution is -2.20. The van der Waals surface area contributed by atoms with Crippen molar-refractivity contribution in [2.75, 3.05) is 52.9 Å². The minimum Gasteiger partial charge on any atom is -0.491 e. The lowest BCUT2D eigenvalue weighted by molar-refractivity contribution is -0.384. The molecule has 0 unspecified atom stereocenters.